The van der Waals surface area contributed by atoms with Crippen molar-refractivity contribution in [2.45, 2.75) is 13.5 Å². The van der Waals surface area contributed by atoms with Crippen molar-refractivity contribution in [3.8, 4) is 0 Å². The van der Waals surface area contributed by atoms with Gasteiger partial charge in [0.25, 0.3) is 5.56 Å². The van der Waals surface area contributed by atoms with Crippen LogP contribution in [0.15, 0.2) is 34.4 Å². The number of aromatic nitrogens is 2. The number of carboxylic acids is 1. The number of aromatic carboxylic acids is 1. The molecule has 5 nitrogen and oxygen atoms in total. The molecule has 22 heavy (non-hydrogen) atoms. The summed E-state index contributed by atoms with van der Waals surface area (Å²) in [5.74, 6) is -1.09. The summed E-state index contributed by atoms with van der Waals surface area (Å²) in [6.45, 7) is 1.81. The van der Waals surface area contributed by atoms with E-state index in [1.807, 2.05) is 0 Å². The van der Waals surface area contributed by atoms with E-state index in [9.17, 15) is 14.0 Å². The van der Waals surface area contributed by atoms with Crippen molar-refractivity contribution >= 4 is 27.5 Å². The van der Waals surface area contributed by atoms with Crippen molar-refractivity contribution < 1.29 is 14.3 Å². The summed E-state index contributed by atoms with van der Waals surface area (Å²) in [6, 6.07) is 5.92. The quantitative estimate of drug-likeness (QED) is 0.806. The van der Waals surface area contributed by atoms with Gasteiger partial charge in [-0.2, -0.15) is 0 Å². The third-order valence-electron chi connectivity index (χ3n) is 3.34. The minimum absolute atomic E-state index is 0.0505. The largest absolute Gasteiger partial charge is 0.478 e. The molecule has 0 fully saturated rings. The standard InChI is InChI=1S/C15H11FN2O3S/c1-8-17-13-12(11(7-22-13)15(20)21)14(19)18(8)6-9-3-2-4-10(16)5-9/h2-5,7H,6H2,1H3,(H,20,21). The summed E-state index contributed by atoms with van der Waals surface area (Å²) in [7, 11) is 0. The highest BCUT2D eigenvalue weighted by Gasteiger charge is 2.18. The molecule has 3 aromatic rings. The van der Waals surface area contributed by atoms with Crippen molar-refractivity contribution in [1.29, 1.82) is 0 Å². The number of benzene rings is 1. The molecule has 2 heterocycles. The number of nitrogens with zero attached hydrogens (tertiary/aromatic N) is 2. The Labute approximate surface area is 128 Å². The monoisotopic (exact) mass is 318 g/mol. The van der Waals surface area contributed by atoms with Crippen LogP contribution in [0.25, 0.3) is 10.2 Å². The van der Waals surface area contributed by atoms with Crippen molar-refractivity contribution in [1.82, 2.24) is 9.55 Å². The summed E-state index contributed by atoms with van der Waals surface area (Å²) < 4.78 is 14.6. The van der Waals surface area contributed by atoms with Crippen LogP contribution in [0, 0.1) is 12.7 Å². The molecule has 0 saturated carbocycles. The molecule has 0 saturated heterocycles. The number of halogens is 1. The summed E-state index contributed by atoms with van der Waals surface area (Å²) in [5, 5.41) is 10.7. The number of fused-ring (bicyclic) bond motifs is 1. The first-order valence-corrected chi connectivity index (χ1v) is 7.31. The lowest BCUT2D eigenvalue weighted by atomic mass is 10.2. The molecule has 0 bridgehead atoms. The minimum Gasteiger partial charge on any atom is -0.478 e. The van der Waals surface area contributed by atoms with E-state index >= 15 is 0 Å². The summed E-state index contributed by atoms with van der Waals surface area (Å²) in [5.41, 5.74) is 0.134. The van der Waals surface area contributed by atoms with E-state index in [4.69, 9.17) is 5.11 Å². The zero-order valence-electron chi connectivity index (χ0n) is 11.5. The lowest BCUT2D eigenvalue weighted by Crippen LogP contribution is -2.25. The van der Waals surface area contributed by atoms with Crippen molar-refractivity contribution in [2.75, 3.05) is 0 Å². The molecular weight excluding hydrogens is 307 g/mol. The number of rotatable bonds is 3. The Hall–Kier alpha value is -2.54. The molecule has 112 valence electrons. The Morgan fingerprint density at radius 2 is 2.23 bits per heavy atom. The summed E-state index contributed by atoms with van der Waals surface area (Å²) in [6.07, 6.45) is 0. The number of carboxylic acid groups (broad SMARTS) is 1. The molecule has 0 radical (unpaired) electrons. The Morgan fingerprint density at radius 1 is 1.45 bits per heavy atom. The van der Waals surface area contributed by atoms with Crippen LogP contribution in [0.2, 0.25) is 0 Å². The number of thiophene rings is 1. The van der Waals surface area contributed by atoms with E-state index in [0.29, 0.717) is 16.2 Å². The van der Waals surface area contributed by atoms with E-state index in [1.54, 1.807) is 19.1 Å². The fourth-order valence-electron chi connectivity index (χ4n) is 2.29. The molecule has 0 amide bonds. The highest BCUT2D eigenvalue weighted by atomic mass is 32.1. The molecule has 3 rings (SSSR count). The fraction of sp³-hybridized carbons (Fsp3) is 0.133. The lowest BCUT2D eigenvalue weighted by molar-refractivity contribution is 0.0699. The van der Waals surface area contributed by atoms with Gasteiger partial charge >= 0.3 is 5.97 Å². The predicted molar refractivity (Wildman–Crippen MR) is 81.1 cm³/mol. The van der Waals surface area contributed by atoms with Gasteiger partial charge in [-0.15, -0.1) is 11.3 Å². The highest BCUT2D eigenvalue weighted by molar-refractivity contribution is 7.17. The molecule has 0 unspecified atom stereocenters. The zero-order valence-corrected chi connectivity index (χ0v) is 12.4. The van der Waals surface area contributed by atoms with Gasteiger partial charge in [0.05, 0.1) is 17.5 Å². The smallest absolute Gasteiger partial charge is 0.337 e. The van der Waals surface area contributed by atoms with Gasteiger partial charge in [0.2, 0.25) is 0 Å². The molecule has 0 aliphatic rings. The van der Waals surface area contributed by atoms with Crippen molar-refractivity contribution in [2.24, 2.45) is 0 Å². The van der Waals surface area contributed by atoms with E-state index in [0.717, 1.165) is 11.3 Å². The van der Waals surface area contributed by atoms with E-state index in [2.05, 4.69) is 4.98 Å². The molecule has 0 aliphatic heterocycles. The maximum atomic E-state index is 13.3. The average Bonchev–Trinajstić information content (AvgIpc) is 2.87. The van der Waals surface area contributed by atoms with Crippen LogP contribution in [0.5, 0.6) is 0 Å². The molecule has 0 aliphatic carbocycles. The first kappa shape index (κ1) is 14.4. The Bertz CT molecular complexity index is 946. The fourth-order valence-corrected chi connectivity index (χ4v) is 3.24. The van der Waals surface area contributed by atoms with Crippen molar-refractivity contribution in [3.63, 3.8) is 0 Å². The maximum absolute atomic E-state index is 13.3. The maximum Gasteiger partial charge on any atom is 0.337 e. The topological polar surface area (TPSA) is 72.2 Å². The molecule has 2 aromatic heterocycles. The zero-order chi connectivity index (χ0) is 15.9. The molecular formula is C15H11FN2O3S. The average molecular weight is 318 g/mol. The normalized spacial score (nSPS) is 11.0. The molecule has 1 aromatic carbocycles. The molecule has 0 spiro atoms. The SMILES string of the molecule is Cc1nc2scc(C(=O)O)c2c(=O)n1Cc1cccc(F)c1. The van der Waals surface area contributed by atoms with Gasteiger partial charge in [-0.05, 0) is 24.6 Å². The molecule has 1 N–H and O–H groups in total. The molecule has 7 heteroatoms. The van der Waals surface area contributed by atoms with Gasteiger partial charge < -0.3 is 5.11 Å². The first-order chi connectivity index (χ1) is 10.5. The number of hydrogen-bond donors (Lipinski definition) is 1. The number of hydrogen-bond acceptors (Lipinski definition) is 4. The summed E-state index contributed by atoms with van der Waals surface area (Å²) >= 11 is 1.12. The van der Waals surface area contributed by atoms with E-state index < -0.39 is 11.5 Å². The van der Waals surface area contributed by atoms with Crippen LogP contribution in [0.3, 0.4) is 0 Å². The van der Waals surface area contributed by atoms with Gasteiger partial charge in [-0.25, -0.2) is 14.2 Å². The second kappa shape index (κ2) is 5.34. The third-order valence-corrected chi connectivity index (χ3v) is 4.22. The van der Waals surface area contributed by atoms with Crippen LogP contribution in [0.1, 0.15) is 21.7 Å². The van der Waals surface area contributed by atoms with Crippen LogP contribution < -0.4 is 5.56 Å². The Morgan fingerprint density at radius 3 is 2.91 bits per heavy atom. The first-order valence-electron chi connectivity index (χ1n) is 6.43. The van der Waals surface area contributed by atoms with Gasteiger partial charge in [0.15, 0.2) is 0 Å². The second-order valence-electron chi connectivity index (χ2n) is 4.81. The predicted octanol–water partition coefficient (Wildman–Crippen LogP) is 2.65. The highest BCUT2D eigenvalue weighted by Crippen LogP contribution is 2.21. The van der Waals surface area contributed by atoms with Crippen LogP contribution in [0.4, 0.5) is 4.39 Å². The van der Waals surface area contributed by atoms with Crippen LogP contribution >= 0.6 is 11.3 Å². The number of aryl methyl sites for hydroxylation is 1. The van der Waals surface area contributed by atoms with Gasteiger partial charge in [0.1, 0.15) is 16.5 Å². The van der Waals surface area contributed by atoms with E-state index in [1.165, 1.54) is 22.1 Å². The van der Waals surface area contributed by atoms with Crippen LogP contribution in [-0.2, 0) is 6.54 Å². The Balaban J connectivity index is 2.19. The minimum atomic E-state index is -1.16. The lowest BCUT2D eigenvalue weighted by Gasteiger charge is -2.10. The third kappa shape index (κ3) is 2.39. The van der Waals surface area contributed by atoms with Crippen molar-refractivity contribution in [3.05, 3.63) is 62.8 Å². The second-order valence-corrected chi connectivity index (χ2v) is 5.67. The van der Waals surface area contributed by atoms with E-state index in [-0.39, 0.29) is 23.3 Å². The van der Waals surface area contributed by atoms with Gasteiger partial charge in [0, 0.05) is 5.38 Å². The van der Waals surface area contributed by atoms with Crippen LogP contribution in [-0.4, -0.2) is 20.6 Å². The van der Waals surface area contributed by atoms with Gasteiger partial charge in [-0.1, -0.05) is 12.1 Å². The molecule has 0 atom stereocenters. The number of carbonyl (C=O) groups is 1. The summed E-state index contributed by atoms with van der Waals surface area (Å²) in [4.78, 5) is 28.5. The Kier molecular flexibility index (Phi) is 3.50. The van der Waals surface area contributed by atoms with Gasteiger partial charge in [-0.3, -0.25) is 9.36 Å².